The van der Waals surface area contributed by atoms with Crippen LogP contribution in [0.25, 0.3) is 0 Å². The molecule has 1 N–H and O–H groups in total. The lowest BCUT2D eigenvalue weighted by Gasteiger charge is -2.21. The fourth-order valence-corrected chi connectivity index (χ4v) is 2.31. The number of hydrogen-bond donors (Lipinski definition) is 1. The van der Waals surface area contributed by atoms with Crippen LogP contribution in [0.1, 0.15) is 29.9 Å². The van der Waals surface area contributed by atoms with Crippen molar-refractivity contribution in [3.8, 4) is 0 Å². The maximum absolute atomic E-state index is 12.4. The Morgan fingerprint density at radius 1 is 1.12 bits per heavy atom. The molecule has 0 atom stereocenters. The van der Waals surface area contributed by atoms with Crippen molar-refractivity contribution in [2.24, 2.45) is 0 Å². The van der Waals surface area contributed by atoms with E-state index in [9.17, 15) is 9.59 Å². The molecule has 1 aromatic carbocycles. The Morgan fingerprint density at radius 3 is 2.48 bits per heavy atom. The van der Waals surface area contributed by atoms with Crippen LogP contribution in [0, 0.1) is 0 Å². The Bertz CT molecular complexity index is 687. The number of nitrogens with one attached hydrogen (secondary N) is 1. The fourth-order valence-electron chi connectivity index (χ4n) is 2.31. The van der Waals surface area contributed by atoms with E-state index in [2.05, 4.69) is 10.3 Å². The van der Waals surface area contributed by atoms with Crippen LogP contribution in [0.2, 0.25) is 0 Å². The zero-order valence-corrected chi connectivity index (χ0v) is 14.6. The molecule has 1 aromatic heterocycles. The Kier molecular flexibility index (Phi) is 6.95. The normalized spacial score (nSPS) is 10.2. The van der Waals surface area contributed by atoms with Crippen molar-refractivity contribution in [3.63, 3.8) is 0 Å². The van der Waals surface area contributed by atoms with E-state index in [1.807, 2.05) is 25.1 Å². The summed E-state index contributed by atoms with van der Waals surface area (Å²) in [4.78, 5) is 30.0. The Morgan fingerprint density at radius 2 is 1.88 bits per heavy atom. The molecular formula is C19H23N3O3. The molecule has 0 bridgehead atoms. The third-order valence-electron chi connectivity index (χ3n) is 3.68. The van der Waals surface area contributed by atoms with Crippen LogP contribution in [0.3, 0.4) is 0 Å². The zero-order chi connectivity index (χ0) is 18.1. The quantitative estimate of drug-likeness (QED) is 0.784. The monoisotopic (exact) mass is 341 g/mol. The van der Waals surface area contributed by atoms with E-state index in [0.717, 1.165) is 5.69 Å². The number of aromatic nitrogens is 1. The third-order valence-corrected chi connectivity index (χ3v) is 3.68. The van der Waals surface area contributed by atoms with Gasteiger partial charge in [-0.3, -0.25) is 4.98 Å². The highest BCUT2D eigenvalue weighted by molar-refractivity contribution is 5.92. The molecule has 0 unspecified atom stereocenters. The average Bonchev–Trinajstić information content (AvgIpc) is 2.64. The van der Waals surface area contributed by atoms with Gasteiger partial charge in [-0.05, 0) is 50.2 Å². The molecule has 2 aromatic rings. The highest BCUT2D eigenvalue weighted by Gasteiger charge is 2.12. The van der Waals surface area contributed by atoms with E-state index in [-0.39, 0.29) is 12.0 Å². The van der Waals surface area contributed by atoms with Crippen LogP contribution in [-0.2, 0) is 11.2 Å². The maximum atomic E-state index is 12.4. The van der Waals surface area contributed by atoms with E-state index >= 15 is 0 Å². The number of amides is 2. The standard InChI is InChI=1S/C19H23N3O3/c1-3-22(14-12-16-7-5-6-13-20-16)19(24)21-17-10-8-15(9-11-17)18(23)25-4-2/h5-11,13H,3-4,12,14H2,1-2H3,(H,21,24). The number of ether oxygens (including phenoxy) is 1. The molecule has 0 saturated heterocycles. The molecule has 1 heterocycles. The summed E-state index contributed by atoms with van der Waals surface area (Å²) in [5.74, 6) is -0.370. The van der Waals surface area contributed by atoms with Gasteiger partial charge in [0.2, 0.25) is 0 Å². The topological polar surface area (TPSA) is 71.5 Å². The second-order valence-corrected chi connectivity index (χ2v) is 5.38. The van der Waals surface area contributed by atoms with E-state index in [0.29, 0.717) is 37.4 Å². The molecule has 0 spiro atoms. The highest BCUT2D eigenvalue weighted by Crippen LogP contribution is 2.12. The smallest absolute Gasteiger partial charge is 0.338 e. The molecule has 0 aliphatic carbocycles. The van der Waals surface area contributed by atoms with Gasteiger partial charge in [-0.2, -0.15) is 0 Å². The predicted molar refractivity (Wildman–Crippen MR) is 96.6 cm³/mol. The van der Waals surface area contributed by atoms with Gasteiger partial charge in [0.1, 0.15) is 0 Å². The van der Waals surface area contributed by atoms with Gasteiger partial charge in [0.15, 0.2) is 0 Å². The largest absolute Gasteiger partial charge is 0.462 e. The van der Waals surface area contributed by atoms with E-state index in [1.165, 1.54) is 0 Å². The number of esters is 1. The van der Waals surface area contributed by atoms with Crippen LogP contribution < -0.4 is 5.32 Å². The minimum atomic E-state index is -0.370. The summed E-state index contributed by atoms with van der Waals surface area (Å²) in [5, 5.41) is 2.84. The van der Waals surface area contributed by atoms with Crippen LogP contribution in [0.15, 0.2) is 48.7 Å². The fraction of sp³-hybridized carbons (Fsp3) is 0.316. The van der Waals surface area contributed by atoms with Gasteiger partial charge in [-0.1, -0.05) is 6.07 Å². The molecule has 2 amide bonds. The second kappa shape index (κ2) is 9.42. The first-order valence-corrected chi connectivity index (χ1v) is 8.37. The lowest BCUT2D eigenvalue weighted by molar-refractivity contribution is 0.0526. The molecule has 0 fully saturated rings. The number of urea groups is 1. The SMILES string of the molecule is CCOC(=O)c1ccc(NC(=O)N(CC)CCc2ccccn2)cc1. The summed E-state index contributed by atoms with van der Waals surface area (Å²) in [7, 11) is 0. The van der Waals surface area contributed by atoms with Crippen LogP contribution in [-0.4, -0.2) is 41.6 Å². The van der Waals surface area contributed by atoms with Crippen molar-refractivity contribution in [1.29, 1.82) is 0 Å². The average molecular weight is 341 g/mol. The Hall–Kier alpha value is -2.89. The number of carbonyl (C=O) groups is 2. The summed E-state index contributed by atoms with van der Waals surface area (Å²) in [6.45, 7) is 5.21. The summed E-state index contributed by atoms with van der Waals surface area (Å²) < 4.78 is 4.94. The van der Waals surface area contributed by atoms with Crippen molar-refractivity contribution >= 4 is 17.7 Å². The van der Waals surface area contributed by atoms with Gasteiger partial charge in [-0.15, -0.1) is 0 Å². The minimum absolute atomic E-state index is 0.178. The van der Waals surface area contributed by atoms with E-state index in [4.69, 9.17) is 4.74 Å². The summed E-state index contributed by atoms with van der Waals surface area (Å²) >= 11 is 0. The van der Waals surface area contributed by atoms with Crippen molar-refractivity contribution in [2.75, 3.05) is 25.0 Å². The first-order valence-electron chi connectivity index (χ1n) is 8.37. The molecule has 0 aliphatic rings. The molecule has 132 valence electrons. The number of benzene rings is 1. The Balaban J connectivity index is 1.91. The number of likely N-dealkylation sites (N-methyl/N-ethyl adjacent to an activating group) is 1. The number of nitrogens with zero attached hydrogens (tertiary/aromatic N) is 2. The van der Waals surface area contributed by atoms with E-state index < -0.39 is 0 Å². The van der Waals surface area contributed by atoms with Crippen molar-refractivity contribution in [3.05, 3.63) is 59.9 Å². The van der Waals surface area contributed by atoms with Crippen LogP contribution in [0.4, 0.5) is 10.5 Å². The van der Waals surface area contributed by atoms with Crippen molar-refractivity contribution in [2.45, 2.75) is 20.3 Å². The summed E-state index contributed by atoms with van der Waals surface area (Å²) in [6.07, 6.45) is 2.45. The lowest BCUT2D eigenvalue weighted by atomic mass is 10.2. The number of pyridine rings is 1. The molecule has 0 aliphatic heterocycles. The Labute approximate surface area is 147 Å². The van der Waals surface area contributed by atoms with Gasteiger partial charge < -0.3 is 15.0 Å². The van der Waals surface area contributed by atoms with Gasteiger partial charge >= 0.3 is 12.0 Å². The first-order chi connectivity index (χ1) is 12.1. The molecular weight excluding hydrogens is 318 g/mol. The molecule has 25 heavy (non-hydrogen) atoms. The summed E-state index contributed by atoms with van der Waals surface area (Å²) in [6, 6.07) is 12.2. The van der Waals surface area contributed by atoms with Crippen LogP contribution >= 0.6 is 0 Å². The van der Waals surface area contributed by atoms with Gasteiger partial charge in [0.05, 0.1) is 12.2 Å². The number of anilines is 1. The van der Waals surface area contributed by atoms with Gasteiger partial charge in [0.25, 0.3) is 0 Å². The van der Waals surface area contributed by atoms with Crippen LogP contribution in [0.5, 0.6) is 0 Å². The maximum Gasteiger partial charge on any atom is 0.338 e. The van der Waals surface area contributed by atoms with Gasteiger partial charge in [-0.25, -0.2) is 9.59 Å². The molecule has 6 heteroatoms. The van der Waals surface area contributed by atoms with E-state index in [1.54, 1.807) is 42.3 Å². The second-order valence-electron chi connectivity index (χ2n) is 5.38. The predicted octanol–water partition coefficient (Wildman–Crippen LogP) is 3.35. The molecule has 0 radical (unpaired) electrons. The zero-order valence-electron chi connectivity index (χ0n) is 14.6. The highest BCUT2D eigenvalue weighted by atomic mass is 16.5. The van der Waals surface area contributed by atoms with Crippen molar-refractivity contribution < 1.29 is 14.3 Å². The minimum Gasteiger partial charge on any atom is -0.462 e. The number of rotatable bonds is 7. The third kappa shape index (κ3) is 5.60. The molecule has 6 nitrogen and oxygen atoms in total. The van der Waals surface area contributed by atoms with Gasteiger partial charge in [0, 0.05) is 37.1 Å². The number of carbonyl (C=O) groups excluding carboxylic acids is 2. The van der Waals surface area contributed by atoms with Crippen molar-refractivity contribution in [1.82, 2.24) is 9.88 Å². The lowest BCUT2D eigenvalue weighted by Crippen LogP contribution is -2.36. The summed E-state index contributed by atoms with van der Waals surface area (Å²) in [5.41, 5.74) is 2.05. The number of hydrogen-bond acceptors (Lipinski definition) is 4. The first kappa shape index (κ1) is 18.4. The molecule has 2 rings (SSSR count). The molecule has 0 saturated carbocycles.